The number of hydrazine groups is 1. The zero-order chi connectivity index (χ0) is 35.7. The van der Waals surface area contributed by atoms with Crippen LogP contribution < -0.4 is 27.5 Å². The molecule has 2 unspecified atom stereocenters. The molecule has 6 rings (SSSR count). The molecule has 1 aromatic carbocycles. The number of hydrogen-bond donors (Lipinski definition) is 4. The molecule has 2 atom stereocenters. The van der Waals surface area contributed by atoms with E-state index in [1.54, 1.807) is 31.5 Å². The molecule has 0 aliphatic carbocycles. The van der Waals surface area contributed by atoms with Gasteiger partial charge < -0.3 is 16.2 Å². The molecular weight excluding hydrogens is 679 g/mol. The minimum Gasteiger partial charge on any atom is -0.493 e. The summed E-state index contributed by atoms with van der Waals surface area (Å²) in [6.07, 6.45) is 2.80. The summed E-state index contributed by atoms with van der Waals surface area (Å²) in [6, 6.07) is 9.63. The van der Waals surface area contributed by atoms with Gasteiger partial charge in [0.25, 0.3) is 5.56 Å². The number of halogens is 4. The zero-order valence-electron chi connectivity index (χ0n) is 26.2. The van der Waals surface area contributed by atoms with Crippen LogP contribution in [0.4, 0.5) is 24.5 Å². The summed E-state index contributed by atoms with van der Waals surface area (Å²) >= 11 is 6.22. The number of pyridine rings is 1. The van der Waals surface area contributed by atoms with Crippen molar-refractivity contribution in [3.8, 4) is 34.2 Å². The van der Waals surface area contributed by atoms with Gasteiger partial charge in [-0.25, -0.2) is 25.5 Å². The SMILES string of the molecule is CC1CCCC(n2cnc(-c3cc(Cl)ccc3N(N)/C=C(\N)C(F)(F)F)cc2=O)c2cc(ccn2)-c2nn(-c3cc(O)ncn3)cc2NC1=O. The first-order valence-electron chi connectivity index (χ1n) is 15.1. The van der Waals surface area contributed by atoms with Crippen LogP contribution in [0.2, 0.25) is 5.02 Å². The van der Waals surface area contributed by atoms with Gasteiger partial charge in [0.05, 0.1) is 41.3 Å². The second-order valence-corrected chi connectivity index (χ2v) is 12.0. The van der Waals surface area contributed by atoms with Gasteiger partial charge in [-0.15, -0.1) is 0 Å². The van der Waals surface area contributed by atoms with Crippen LogP contribution in [0.3, 0.4) is 0 Å². The Kier molecular flexibility index (Phi) is 9.27. The number of aromatic hydroxyl groups is 1. The highest BCUT2D eigenvalue weighted by molar-refractivity contribution is 6.31. The number of alkyl halides is 3. The molecule has 14 nitrogen and oxygen atoms in total. The molecule has 5 aromatic rings. The fourth-order valence-corrected chi connectivity index (χ4v) is 5.66. The number of nitrogens with one attached hydrogen (secondary N) is 1. The number of amides is 1. The number of allylic oxidation sites excluding steroid dienone is 1. The van der Waals surface area contributed by atoms with E-state index < -0.39 is 29.4 Å². The Hall–Kier alpha value is -5.81. The lowest BCUT2D eigenvalue weighted by atomic mass is 9.97. The summed E-state index contributed by atoms with van der Waals surface area (Å²) in [6.45, 7) is 1.80. The molecule has 0 saturated carbocycles. The monoisotopic (exact) mass is 707 g/mol. The standard InChI is InChI=1S/C32H29ClF3N11O3/c1-17-3-2-4-25(22-9-18(7-8-39-22)30-23(43-31(17)50)13-47(44-30)27-12-28(48)41-15-40-27)45-16-42-21(11-29(45)49)20-10-19(33)5-6-24(20)46(38)14-26(37)32(34,35)36/h5-17,25H,2-4,37-38H2,1H3,(H,43,50)(H,40,41,48)/b26-14-. The second kappa shape index (κ2) is 13.6. The van der Waals surface area contributed by atoms with E-state index in [1.165, 1.54) is 52.2 Å². The zero-order valence-corrected chi connectivity index (χ0v) is 27.0. The number of nitrogens with zero attached hydrogens (tertiary/aromatic N) is 8. The van der Waals surface area contributed by atoms with Crippen molar-refractivity contribution < 1.29 is 23.1 Å². The van der Waals surface area contributed by atoms with Crippen LogP contribution >= 0.6 is 11.6 Å². The summed E-state index contributed by atoms with van der Waals surface area (Å²) in [7, 11) is 0. The summed E-state index contributed by atoms with van der Waals surface area (Å²) in [5, 5.41) is 18.4. The van der Waals surface area contributed by atoms with E-state index in [-0.39, 0.29) is 39.6 Å². The number of fused-ring (bicyclic) bond motifs is 4. The molecule has 0 saturated heterocycles. The van der Waals surface area contributed by atoms with Crippen molar-refractivity contribution in [1.29, 1.82) is 0 Å². The normalized spacial score (nSPS) is 16.9. The van der Waals surface area contributed by atoms with Crippen LogP contribution in [0.15, 0.2) is 84.2 Å². The van der Waals surface area contributed by atoms with Crippen molar-refractivity contribution in [3.05, 3.63) is 100 Å². The Balaban J connectivity index is 1.41. The first-order chi connectivity index (χ1) is 23.8. The van der Waals surface area contributed by atoms with E-state index in [0.29, 0.717) is 53.1 Å². The van der Waals surface area contributed by atoms with Gasteiger partial charge in [-0.1, -0.05) is 24.9 Å². The number of carbonyl (C=O) groups is 1. The topological polar surface area (TPSA) is 196 Å². The van der Waals surface area contributed by atoms with Crippen molar-refractivity contribution in [3.63, 3.8) is 0 Å². The molecule has 6 N–H and O–H groups in total. The predicted molar refractivity (Wildman–Crippen MR) is 178 cm³/mol. The number of benzene rings is 1. The highest BCUT2D eigenvalue weighted by atomic mass is 35.5. The first kappa shape index (κ1) is 34.1. The molecule has 1 aliphatic heterocycles. The fraction of sp³-hybridized carbons (Fsp3) is 0.219. The van der Waals surface area contributed by atoms with Gasteiger partial charge in [0, 0.05) is 46.6 Å². The number of anilines is 2. The average molecular weight is 708 g/mol. The molecule has 18 heteroatoms. The largest absolute Gasteiger partial charge is 0.493 e. The third-order valence-electron chi connectivity index (χ3n) is 8.09. The van der Waals surface area contributed by atoms with E-state index in [2.05, 4.69) is 30.4 Å². The molecule has 0 radical (unpaired) electrons. The maximum atomic E-state index is 13.8. The molecule has 1 aliphatic rings. The molecule has 0 spiro atoms. The molecule has 0 fully saturated rings. The fourth-order valence-electron chi connectivity index (χ4n) is 5.49. The average Bonchev–Trinajstić information content (AvgIpc) is 3.49. The third-order valence-corrected chi connectivity index (χ3v) is 8.33. The van der Waals surface area contributed by atoms with Crippen LogP contribution in [-0.2, 0) is 4.79 Å². The quantitative estimate of drug-likeness (QED) is 0.146. The van der Waals surface area contributed by atoms with Crippen LogP contribution in [-0.4, -0.2) is 51.5 Å². The van der Waals surface area contributed by atoms with Gasteiger partial charge in [0.15, 0.2) is 5.82 Å². The van der Waals surface area contributed by atoms with Crippen molar-refractivity contribution in [2.24, 2.45) is 17.5 Å². The minimum absolute atomic E-state index is 0.0614. The lowest BCUT2D eigenvalue weighted by Gasteiger charge is -2.22. The molecule has 5 heterocycles. The van der Waals surface area contributed by atoms with Crippen molar-refractivity contribution in [1.82, 2.24) is 34.3 Å². The lowest BCUT2D eigenvalue weighted by Crippen LogP contribution is -2.30. The number of carbonyl (C=O) groups excluding carboxylic acids is 1. The van der Waals surface area contributed by atoms with Crippen molar-refractivity contribution in [2.75, 3.05) is 10.3 Å². The van der Waals surface area contributed by atoms with Crippen LogP contribution in [0, 0.1) is 5.92 Å². The van der Waals surface area contributed by atoms with E-state index in [0.717, 1.165) is 0 Å². The van der Waals surface area contributed by atoms with Gasteiger partial charge >= 0.3 is 6.18 Å². The maximum Gasteiger partial charge on any atom is 0.432 e. The Labute approximate surface area is 286 Å². The van der Waals surface area contributed by atoms with Gasteiger partial charge in [0.1, 0.15) is 17.7 Å². The molecule has 4 aromatic heterocycles. The van der Waals surface area contributed by atoms with Crippen LogP contribution in [0.5, 0.6) is 5.88 Å². The number of aromatic nitrogens is 7. The van der Waals surface area contributed by atoms with Gasteiger partial charge in [0.2, 0.25) is 11.8 Å². The van der Waals surface area contributed by atoms with Crippen molar-refractivity contribution in [2.45, 2.75) is 38.4 Å². The second-order valence-electron chi connectivity index (χ2n) is 11.5. The summed E-state index contributed by atoms with van der Waals surface area (Å²) in [5.41, 5.74) is 5.50. The molecule has 50 heavy (non-hydrogen) atoms. The highest BCUT2D eigenvalue weighted by Gasteiger charge is 2.32. The predicted octanol–water partition coefficient (Wildman–Crippen LogP) is 4.70. The smallest absolute Gasteiger partial charge is 0.432 e. The van der Waals surface area contributed by atoms with Crippen LogP contribution in [0.1, 0.15) is 37.9 Å². The molecular formula is C32H29ClF3N11O3. The van der Waals surface area contributed by atoms with E-state index in [4.69, 9.17) is 23.2 Å². The van der Waals surface area contributed by atoms with Gasteiger partial charge in [-0.05, 0) is 43.2 Å². The third kappa shape index (κ3) is 7.13. The summed E-state index contributed by atoms with van der Waals surface area (Å²) in [4.78, 5) is 43.9. The summed E-state index contributed by atoms with van der Waals surface area (Å²) < 4.78 is 42.1. The number of rotatable bonds is 5. The lowest BCUT2D eigenvalue weighted by molar-refractivity contribution is -0.119. The first-order valence-corrected chi connectivity index (χ1v) is 15.5. The molecule has 1 amide bonds. The van der Waals surface area contributed by atoms with Crippen LogP contribution in [0.25, 0.3) is 28.3 Å². The Morgan fingerprint density at radius 2 is 1.90 bits per heavy atom. The Morgan fingerprint density at radius 3 is 2.64 bits per heavy atom. The van der Waals surface area contributed by atoms with E-state index >= 15 is 0 Å². The van der Waals surface area contributed by atoms with Crippen molar-refractivity contribution >= 4 is 28.9 Å². The van der Waals surface area contributed by atoms with E-state index in [9.17, 15) is 27.9 Å². The summed E-state index contributed by atoms with van der Waals surface area (Å²) in [5.74, 6) is 5.31. The molecule has 2 bridgehead atoms. The Bertz CT molecular complexity index is 2170. The molecule has 258 valence electrons. The minimum atomic E-state index is -4.81. The Morgan fingerprint density at radius 1 is 1.10 bits per heavy atom. The van der Waals surface area contributed by atoms with E-state index in [1.807, 2.05) is 0 Å². The number of hydrogen-bond acceptors (Lipinski definition) is 11. The van der Waals surface area contributed by atoms with Gasteiger partial charge in [-0.3, -0.25) is 24.1 Å². The highest BCUT2D eigenvalue weighted by Crippen LogP contribution is 2.35. The number of nitrogens with two attached hydrogens (primary N) is 2. The van der Waals surface area contributed by atoms with Gasteiger partial charge in [-0.2, -0.15) is 18.3 Å². The maximum absolute atomic E-state index is 13.8.